The number of hydrogen-bond donors (Lipinski definition) is 3. The number of hydrogen-bond acceptors (Lipinski definition) is 4. The lowest BCUT2D eigenvalue weighted by molar-refractivity contribution is -0.136. The molecule has 0 bridgehead atoms. The summed E-state index contributed by atoms with van der Waals surface area (Å²) in [6.45, 7) is 0.451. The van der Waals surface area contributed by atoms with Crippen molar-refractivity contribution in [1.82, 2.24) is 15.6 Å². The van der Waals surface area contributed by atoms with Gasteiger partial charge in [-0.25, -0.2) is 9.78 Å². The predicted octanol–water partition coefficient (Wildman–Crippen LogP) is 1.54. The molecular weight excluding hydrogens is 309 g/mol. The number of rotatable bonds is 7. The summed E-state index contributed by atoms with van der Waals surface area (Å²) in [4.78, 5) is 25.3. The molecule has 0 atom stereocenters. The smallest absolute Gasteiger partial charge is 0.314 e. The molecule has 0 aliphatic carbocycles. The number of halogens is 2. The molecule has 1 heterocycles. The molecule has 20 heavy (non-hydrogen) atoms. The summed E-state index contributed by atoms with van der Waals surface area (Å²) >= 11 is 11.5. The minimum Gasteiger partial charge on any atom is -0.481 e. The first-order valence-corrected chi connectivity index (χ1v) is 6.42. The van der Waals surface area contributed by atoms with Crippen LogP contribution in [0.1, 0.15) is 6.42 Å². The van der Waals surface area contributed by atoms with Gasteiger partial charge < -0.3 is 20.5 Å². The summed E-state index contributed by atoms with van der Waals surface area (Å²) in [5, 5.41) is 14.0. The molecule has 0 aliphatic rings. The van der Waals surface area contributed by atoms with E-state index in [2.05, 4.69) is 15.6 Å². The Labute approximate surface area is 125 Å². The van der Waals surface area contributed by atoms with Crippen LogP contribution in [0.5, 0.6) is 5.88 Å². The van der Waals surface area contributed by atoms with E-state index in [4.69, 9.17) is 33.0 Å². The number of carbonyl (C=O) groups excluding carboxylic acids is 1. The maximum Gasteiger partial charge on any atom is 0.314 e. The third-order valence-electron chi connectivity index (χ3n) is 2.02. The van der Waals surface area contributed by atoms with Gasteiger partial charge >= 0.3 is 12.0 Å². The van der Waals surface area contributed by atoms with E-state index in [0.717, 1.165) is 0 Å². The Morgan fingerprint density at radius 1 is 1.30 bits per heavy atom. The highest BCUT2D eigenvalue weighted by Gasteiger charge is 2.05. The molecule has 0 aromatic carbocycles. The normalized spacial score (nSPS) is 9.90. The van der Waals surface area contributed by atoms with Crippen LogP contribution >= 0.6 is 23.2 Å². The quantitative estimate of drug-likeness (QED) is 0.661. The summed E-state index contributed by atoms with van der Waals surface area (Å²) in [6, 6.07) is 1.03. The van der Waals surface area contributed by atoms with Crippen molar-refractivity contribution < 1.29 is 19.4 Å². The largest absolute Gasteiger partial charge is 0.481 e. The van der Waals surface area contributed by atoms with Gasteiger partial charge in [-0.15, -0.1) is 0 Å². The molecule has 9 heteroatoms. The van der Waals surface area contributed by atoms with E-state index < -0.39 is 12.0 Å². The maximum atomic E-state index is 11.2. The van der Waals surface area contributed by atoms with Crippen LogP contribution in [-0.4, -0.2) is 41.8 Å². The van der Waals surface area contributed by atoms with Crippen molar-refractivity contribution in [3.05, 3.63) is 22.3 Å². The highest BCUT2D eigenvalue weighted by Crippen LogP contribution is 2.24. The Morgan fingerprint density at radius 3 is 2.65 bits per heavy atom. The topological polar surface area (TPSA) is 101 Å². The summed E-state index contributed by atoms with van der Waals surface area (Å²) in [5.41, 5.74) is 0. The Hall–Kier alpha value is -1.73. The molecule has 0 saturated carbocycles. The molecule has 0 radical (unpaired) electrons. The van der Waals surface area contributed by atoms with Gasteiger partial charge in [0.1, 0.15) is 11.6 Å². The van der Waals surface area contributed by atoms with Gasteiger partial charge in [-0.2, -0.15) is 0 Å². The molecule has 0 unspecified atom stereocenters. The molecule has 7 nitrogen and oxygen atoms in total. The molecule has 1 rings (SSSR count). The van der Waals surface area contributed by atoms with Crippen molar-refractivity contribution >= 4 is 35.2 Å². The van der Waals surface area contributed by atoms with E-state index in [0.29, 0.717) is 5.02 Å². The molecular formula is C11H13Cl2N3O4. The van der Waals surface area contributed by atoms with Crippen molar-refractivity contribution in [2.24, 2.45) is 0 Å². The van der Waals surface area contributed by atoms with Crippen LogP contribution in [0, 0.1) is 0 Å². The van der Waals surface area contributed by atoms with Crippen LogP contribution in [0.2, 0.25) is 10.0 Å². The molecule has 0 spiro atoms. The fraction of sp³-hybridized carbons (Fsp3) is 0.364. The monoisotopic (exact) mass is 321 g/mol. The van der Waals surface area contributed by atoms with E-state index in [1.54, 1.807) is 0 Å². The second-order valence-corrected chi connectivity index (χ2v) is 4.46. The van der Waals surface area contributed by atoms with Crippen LogP contribution in [0.4, 0.5) is 4.79 Å². The number of carboxylic acids is 1. The summed E-state index contributed by atoms with van der Waals surface area (Å²) in [5.74, 6) is -0.749. The zero-order valence-electron chi connectivity index (χ0n) is 10.4. The minimum absolute atomic E-state index is 0.0621. The zero-order chi connectivity index (χ0) is 15.0. The lowest BCUT2D eigenvalue weighted by Crippen LogP contribution is -2.38. The zero-order valence-corrected chi connectivity index (χ0v) is 11.9. The number of aliphatic carboxylic acids is 1. The lowest BCUT2D eigenvalue weighted by atomic mass is 10.4. The SMILES string of the molecule is O=C(O)CCNC(=O)NCCOc1ncc(Cl)cc1Cl. The second kappa shape index (κ2) is 8.44. The lowest BCUT2D eigenvalue weighted by Gasteiger charge is -2.08. The fourth-order valence-electron chi connectivity index (χ4n) is 1.17. The van der Waals surface area contributed by atoms with E-state index in [1.807, 2.05) is 0 Å². The van der Waals surface area contributed by atoms with Crippen molar-refractivity contribution in [3.63, 3.8) is 0 Å². The first-order valence-electron chi connectivity index (χ1n) is 5.66. The highest BCUT2D eigenvalue weighted by atomic mass is 35.5. The number of ether oxygens (including phenoxy) is 1. The molecule has 0 fully saturated rings. The summed E-state index contributed by atoms with van der Waals surface area (Å²) < 4.78 is 5.25. The van der Waals surface area contributed by atoms with Crippen LogP contribution in [-0.2, 0) is 4.79 Å². The van der Waals surface area contributed by atoms with Crippen molar-refractivity contribution in [3.8, 4) is 5.88 Å². The molecule has 1 aromatic rings. The van der Waals surface area contributed by atoms with E-state index >= 15 is 0 Å². The van der Waals surface area contributed by atoms with Gasteiger partial charge in [-0.3, -0.25) is 4.79 Å². The van der Waals surface area contributed by atoms with Crippen LogP contribution in [0.3, 0.4) is 0 Å². The van der Waals surface area contributed by atoms with Gasteiger partial charge in [0.05, 0.1) is 18.0 Å². The predicted molar refractivity (Wildman–Crippen MR) is 73.4 cm³/mol. The average Bonchev–Trinajstić information content (AvgIpc) is 2.36. The number of carboxylic acid groups (broad SMARTS) is 1. The van der Waals surface area contributed by atoms with Gasteiger partial charge in [-0.05, 0) is 6.07 Å². The fourth-order valence-corrected chi connectivity index (χ4v) is 1.60. The third-order valence-corrected chi connectivity index (χ3v) is 2.50. The van der Waals surface area contributed by atoms with Crippen molar-refractivity contribution in [2.45, 2.75) is 6.42 Å². The Morgan fingerprint density at radius 2 is 2.00 bits per heavy atom. The molecule has 0 saturated heterocycles. The average molecular weight is 322 g/mol. The van der Waals surface area contributed by atoms with Gasteiger partial charge in [0.2, 0.25) is 5.88 Å². The standard InChI is InChI=1S/C11H13Cl2N3O4/c12-7-5-8(13)10(16-6-7)20-4-3-15-11(19)14-2-1-9(17)18/h5-6H,1-4H2,(H,17,18)(H2,14,15,19). The summed E-state index contributed by atoms with van der Waals surface area (Å²) in [6.07, 6.45) is 1.27. The number of nitrogens with one attached hydrogen (secondary N) is 2. The number of urea groups is 1. The number of aromatic nitrogens is 1. The van der Waals surface area contributed by atoms with Gasteiger partial charge in [-0.1, -0.05) is 23.2 Å². The van der Waals surface area contributed by atoms with Crippen molar-refractivity contribution in [1.29, 1.82) is 0 Å². The Kier molecular flexibility index (Phi) is 6.89. The van der Waals surface area contributed by atoms with Gasteiger partial charge in [0.25, 0.3) is 0 Å². The highest BCUT2D eigenvalue weighted by molar-refractivity contribution is 6.35. The van der Waals surface area contributed by atoms with Crippen LogP contribution in [0.25, 0.3) is 0 Å². The molecule has 1 aromatic heterocycles. The van der Waals surface area contributed by atoms with Crippen LogP contribution < -0.4 is 15.4 Å². The Bertz CT molecular complexity index is 485. The van der Waals surface area contributed by atoms with E-state index in [1.165, 1.54) is 12.3 Å². The van der Waals surface area contributed by atoms with Crippen molar-refractivity contribution in [2.75, 3.05) is 19.7 Å². The van der Waals surface area contributed by atoms with E-state index in [-0.39, 0.29) is 37.0 Å². The van der Waals surface area contributed by atoms with E-state index in [9.17, 15) is 9.59 Å². The number of carbonyl (C=O) groups is 2. The minimum atomic E-state index is -0.975. The molecule has 0 aliphatic heterocycles. The Balaban J connectivity index is 2.18. The summed E-state index contributed by atoms with van der Waals surface area (Å²) in [7, 11) is 0. The first kappa shape index (κ1) is 16.3. The third kappa shape index (κ3) is 6.44. The van der Waals surface area contributed by atoms with Gasteiger partial charge in [0, 0.05) is 12.7 Å². The maximum absolute atomic E-state index is 11.2. The molecule has 2 amide bonds. The second-order valence-electron chi connectivity index (χ2n) is 3.62. The molecule has 3 N–H and O–H groups in total. The van der Waals surface area contributed by atoms with Crippen LogP contribution in [0.15, 0.2) is 12.3 Å². The number of amides is 2. The number of nitrogens with zero attached hydrogens (tertiary/aromatic N) is 1. The van der Waals surface area contributed by atoms with Gasteiger partial charge in [0.15, 0.2) is 0 Å². The molecule has 110 valence electrons. The first-order chi connectivity index (χ1) is 9.49. The number of pyridine rings is 1.